The summed E-state index contributed by atoms with van der Waals surface area (Å²) < 4.78 is 11.5. The Hall–Kier alpha value is -3.46. The van der Waals surface area contributed by atoms with E-state index in [4.69, 9.17) is 9.15 Å². The van der Waals surface area contributed by atoms with Crippen molar-refractivity contribution in [2.45, 2.75) is 38.6 Å². The average Bonchev–Trinajstić information content (AvgIpc) is 3.49. The third-order valence-corrected chi connectivity index (χ3v) is 6.00. The van der Waals surface area contributed by atoms with Crippen LogP contribution in [-0.2, 0) is 4.74 Å². The molecule has 2 fully saturated rings. The Morgan fingerprint density at radius 1 is 1.18 bits per heavy atom. The number of carbonyl (C=O) groups excluding carboxylic acids is 1. The standard InChI is InChI=1S/C24H28N6O3/c1-16-5-4-6-17(13-16)15-25-29-24-27-19-14-20(23(31)26-18-7-2-3-8-18)33-21(19)22(28-24)30-9-11-32-12-10-30/h4-6,13-15,18H,2-3,7-12H2,1H3,(H,26,31)(H,27,28,29)/b25-15+. The fourth-order valence-corrected chi connectivity index (χ4v) is 4.31. The molecule has 172 valence electrons. The molecule has 1 aliphatic carbocycles. The van der Waals surface area contributed by atoms with Gasteiger partial charge in [-0.15, -0.1) is 0 Å². The van der Waals surface area contributed by atoms with E-state index >= 15 is 0 Å². The highest BCUT2D eigenvalue weighted by Gasteiger charge is 2.24. The van der Waals surface area contributed by atoms with E-state index in [-0.39, 0.29) is 17.7 Å². The van der Waals surface area contributed by atoms with E-state index in [0.717, 1.165) is 36.8 Å². The van der Waals surface area contributed by atoms with E-state index in [2.05, 4.69) is 30.7 Å². The molecule has 3 heterocycles. The van der Waals surface area contributed by atoms with Crippen LogP contribution in [0.3, 0.4) is 0 Å². The number of nitrogens with zero attached hydrogens (tertiary/aromatic N) is 4. The van der Waals surface area contributed by atoms with Crippen molar-refractivity contribution in [3.8, 4) is 0 Å². The van der Waals surface area contributed by atoms with E-state index in [1.807, 2.05) is 31.2 Å². The van der Waals surface area contributed by atoms with Gasteiger partial charge in [-0.2, -0.15) is 10.1 Å². The number of morpholine rings is 1. The van der Waals surface area contributed by atoms with Crippen molar-refractivity contribution in [1.29, 1.82) is 0 Å². The van der Waals surface area contributed by atoms with Crippen LogP contribution in [0.15, 0.2) is 39.9 Å². The van der Waals surface area contributed by atoms with Crippen molar-refractivity contribution in [1.82, 2.24) is 15.3 Å². The molecule has 0 bridgehead atoms. The molecule has 3 aromatic rings. The first-order valence-electron chi connectivity index (χ1n) is 11.5. The molecular weight excluding hydrogens is 420 g/mol. The number of hydrogen-bond acceptors (Lipinski definition) is 8. The van der Waals surface area contributed by atoms with Crippen LogP contribution in [0.4, 0.5) is 11.8 Å². The van der Waals surface area contributed by atoms with Gasteiger partial charge in [-0.1, -0.05) is 42.7 Å². The summed E-state index contributed by atoms with van der Waals surface area (Å²) in [6.07, 6.45) is 6.05. The minimum atomic E-state index is -0.209. The second-order valence-electron chi connectivity index (χ2n) is 8.53. The van der Waals surface area contributed by atoms with Crippen molar-refractivity contribution >= 4 is 35.0 Å². The highest BCUT2D eigenvalue weighted by atomic mass is 16.5. The average molecular weight is 449 g/mol. The van der Waals surface area contributed by atoms with Crippen LogP contribution in [-0.4, -0.2) is 54.4 Å². The minimum absolute atomic E-state index is 0.209. The number of hydrazone groups is 1. The van der Waals surface area contributed by atoms with E-state index in [1.165, 1.54) is 0 Å². The van der Waals surface area contributed by atoms with Gasteiger partial charge in [0.2, 0.25) is 5.95 Å². The predicted octanol–water partition coefficient (Wildman–Crippen LogP) is 3.49. The molecular formula is C24H28N6O3. The van der Waals surface area contributed by atoms with E-state index < -0.39 is 0 Å². The summed E-state index contributed by atoms with van der Waals surface area (Å²) in [6, 6.07) is 9.94. The molecule has 1 aromatic carbocycles. The molecule has 0 atom stereocenters. The van der Waals surface area contributed by atoms with Gasteiger partial charge in [0.15, 0.2) is 17.2 Å². The molecule has 1 saturated heterocycles. The zero-order valence-electron chi connectivity index (χ0n) is 18.7. The van der Waals surface area contributed by atoms with Crippen molar-refractivity contribution in [2.75, 3.05) is 36.6 Å². The molecule has 1 saturated carbocycles. The molecule has 9 heteroatoms. The molecule has 5 rings (SSSR count). The lowest BCUT2D eigenvalue weighted by molar-refractivity contribution is 0.0912. The summed E-state index contributed by atoms with van der Waals surface area (Å²) >= 11 is 0. The lowest BCUT2D eigenvalue weighted by Gasteiger charge is -2.27. The quantitative estimate of drug-likeness (QED) is 0.439. The number of benzene rings is 1. The number of aryl methyl sites for hydroxylation is 1. The zero-order chi connectivity index (χ0) is 22.6. The maximum atomic E-state index is 12.8. The number of carbonyl (C=O) groups is 1. The van der Waals surface area contributed by atoms with Gasteiger partial charge in [0.05, 0.1) is 19.4 Å². The van der Waals surface area contributed by atoms with Gasteiger partial charge in [-0.3, -0.25) is 4.79 Å². The number of rotatable bonds is 6. The molecule has 2 aliphatic rings. The molecule has 2 N–H and O–H groups in total. The Morgan fingerprint density at radius 2 is 2.00 bits per heavy atom. The third kappa shape index (κ3) is 4.98. The Labute approximate surface area is 192 Å². The molecule has 1 aliphatic heterocycles. The van der Waals surface area contributed by atoms with Gasteiger partial charge in [0.1, 0.15) is 5.52 Å². The minimum Gasteiger partial charge on any atom is -0.445 e. The molecule has 0 radical (unpaired) electrons. The van der Waals surface area contributed by atoms with E-state index in [9.17, 15) is 4.79 Å². The summed E-state index contributed by atoms with van der Waals surface area (Å²) in [6.45, 7) is 4.62. The summed E-state index contributed by atoms with van der Waals surface area (Å²) in [5, 5.41) is 7.38. The highest BCUT2D eigenvalue weighted by Crippen LogP contribution is 2.29. The number of amides is 1. The fraction of sp³-hybridized carbons (Fsp3) is 0.417. The van der Waals surface area contributed by atoms with Gasteiger partial charge >= 0.3 is 0 Å². The van der Waals surface area contributed by atoms with Gasteiger partial charge in [0, 0.05) is 25.2 Å². The van der Waals surface area contributed by atoms with Crippen LogP contribution in [0.5, 0.6) is 0 Å². The van der Waals surface area contributed by atoms with E-state index in [1.54, 1.807) is 12.3 Å². The number of aromatic nitrogens is 2. The van der Waals surface area contributed by atoms with Crippen LogP contribution < -0.4 is 15.6 Å². The molecule has 33 heavy (non-hydrogen) atoms. The van der Waals surface area contributed by atoms with Gasteiger partial charge < -0.3 is 19.4 Å². The normalized spacial score (nSPS) is 17.2. The Kier molecular flexibility index (Phi) is 6.21. The van der Waals surface area contributed by atoms with Crippen LogP contribution in [0.1, 0.15) is 47.4 Å². The maximum absolute atomic E-state index is 12.8. The second-order valence-corrected chi connectivity index (χ2v) is 8.53. The summed E-state index contributed by atoms with van der Waals surface area (Å²) in [5.41, 5.74) is 6.13. The maximum Gasteiger partial charge on any atom is 0.287 e. The third-order valence-electron chi connectivity index (χ3n) is 6.00. The van der Waals surface area contributed by atoms with Gasteiger partial charge in [0.25, 0.3) is 5.91 Å². The van der Waals surface area contributed by atoms with Crippen molar-refractivity contribution in [2.24, 2.45) is 5.10 Å². The second kappa shape index (κ2) is 9.58. The first kappa shape index (κ1) is 21.4. The summed E-state index contributed by atoms with van der Waals surface area (Å²) in [7, 11) is 0. The van der Waals surface area contributed by atoms with Crippen LogP contribution >= 0.6 is 0 Å². The monoisotopic (exact) mass is 448 g/mol. The number of hydrogen-bond donors (Lipinski definition) is 2. The van der Waals surface area contributed by atoms with E-state index in [0.29, 0.717) is 49.2 Å². The van der Waals surface area contributed by atoms with Crippen molar-refractivity contribution in [3.63, 3.8) is 0 Å². The van der Waals surface area contributed by atoms with Crippen molar-refractivity contribution < 1.29 is 13.9 Å². The van der Waals surface area contributed by atoms with Gasteiger partial charge in [-0.25, -0.2) is 10.4 Å². The predicted molar refractivity (Wildman–Crippen MR) is 127 cm³/mol. The molecule has 0 spiro atoms. The largest absolute Gasteiger partial charge is 0.445 e. The Balaban J connectivity index is 1.43. The van der Waals surface area contributed by atoms with Gasteiger partial charge in [-0.05, 0) is 25.3 Å². The topological polar surface area (TPSA) is 105 Å². The summed E-state index contributed by atoms with van der Waals surface area (Å²) in [5.74, 6) is 1.02. The summed E-state index contributed by atoms with van der Waals surface area (Å²) in [4.78, 5) is 24.1. The highest BCUT2D eigenvalue weighted by molar-refractivity contribution is 5.97. The molecule has 0 unspecified atom stereocenters. The first-order valence-corrected chi connectivity index (χ1v) is 11.5. The Morgan fingerprint density at radius 3 is 2.79 bits per heavy atom. The van der Waals surface area contributed by atoms with Crippen LogP contribution in [0.25, 0.3) is 11.1 Å². The van der Waals surface area contributed by atoms with Crippen LogP contribution in [0, 0.1) is 6.92 Å². The lowest BCUT2D eigenvalue weighted by atomic mass is 10.2. The zero-order valence-corrected chi connectivity index (χ0v) is 18.7. The molecule has 2 aromatic heterocycles. The van der Waals surface area contributed by atoms with Crippen LogP contribution in [0.2, 0.25) is 0 Å². The SMILES string of the molecule is Cc1cccc(/C=N/Nc2nc(N3CCOCC3)c3oc(C(=O)NC4CCCC4)cc3n2)c1. The number of nitrogens with one attached hydrogen (secondary N) is 2. The number of fused-ring (bicyclic) bond motifs is 1. The van der Waals surface area contributed by atoms with Crippen molar-refractivity contribution in [3.05, 3.63) is 47.2 Å². The number of anilines is 2. The number of furan rings is 1. The first-order chi connectivity index (χ1) is 16.2. The lowest BCUT2D eigenvalue weighted by Crippen LogP contribution is -2.37. The molecule has 1 amide bonds. The molecule has 9 nitrogen and oxygen atoms in total. The Bertz CT molecular complexity index is 1160. The number of ether oxygens (including phenoxy) is 1. The smallest absolute Gasteiger partial charge is 0.287 e. The fourth-order valence-electron chi connectivity index (χ4n) is 4.31.